The highest BCUT2D eigenvalue weighted by molar-refractivity contribution is 5.59. The molecule has 1 aromatic carbocycles. The third-order valence-electron chi connectivity index (χ3n) is 3.76. The van der Waals surface area contributed by atoms with Crippen LogP contribution in [0.5, 0.6) is 11.6 Å². The smallest absolute Gasteiger partial charge is 0.475 e. The molecule has 0 spiro atoms. The molecule has 6 nitrogen and oxygen atoms in total. The SMILES string of the molecule is FC(F)(F)Oc1ccc(-c2cncc(OCCN3CCOCC3)n2)cc1. The summed E-state index contributed by atoms with van der Waals surface area (Å²) in [6.45, 7) is 4.44. The molecule has 1 saturated heterocycles. The van der Waals surface area contributed by atoms with Crippen LogP contribution in [0.4, 0.5) is 13.2 Å². The van der Waals surface area contributed by atoms with Gasteiger partial charge in [-0.05, 0) is 24.3 Å². The average Bonchev–Trinajstić information content (AvgIpc) is 2.62. The minimum atomic E-state index is -4.71. The predicted octanol–water partition coefficient (Wildman–Crippen LogP) is 2.75. The lowest BCUT2D eigenvalue weighted by atomic mass is 10.1. The summed E-state index contributed by atoms with van der Waals surface area (Å²) < 4.78 is 51.4. The van der Waals surface area contributed by atoms with Gasteiger partial charge in [0.2, 0.25) is 5.88 Å². The van der Waals surface area contributed by atoms with Crippen LogP contribution in [-0.2, 0) is 4.74 Å². The minimum absolute atomic E-state index is 0.285. The number of halogens is 3. The quantitative estimate of drug-likeness (QED) is 0.781. The third-order valence-corrected chi connectivity index (χ3v) is 3.76. The molecule has 26 heavy (non-hydrogen) atoms. The Bertz CT molecular complexity index is 704. The van der Waals surface area contributed by atoms with Crippen LogP contribution >= 0.6 is 0 Å². The van der Waals surface area contributed by atoms with Gasteiger partial charge in [0.1, 0.15) is 12.4 Å². The molecule has 2 heterocycles. The number of rotatable bonds is 6. The van der Waals surface area contributed by atoms with Crippen LogP contribution in [0.15, 0.2) is 36.7 Å². The van der Waals surface area contributed by atoms with Gasteiger partial charge in [0.05, 0.1) is 31.3 Å². The van der Waals surface area contributed by atoms with E-state index in [1.54, 1.807) is 0 Å². The third kappa shape index (κ3) is 5.57. The number of hydrogen-bond acceptors (Lipinski definition) is 6. The minimum Gasteiger partial charge on any atom is -0.475 e. The van der Waals surface area contributed by atoms with E-state index in [0.29, 0.717) is 23.7 Å². The topological polar surface area (TPSA) is 56.7 Å². The summed E-state index contributed by atoms with van der Waals surface area (Å²) in [6, 6.07) is 5.44. The summed E-state index contributed by atoms with van der Waals surface area (Å²) in [5, 5.41) is 0. The van der Waals surface area contributed by atoms with Gasteiger partial charge in [0.15, 0.2) is 0 Å². The van der Waals surface area contributed by atoms with Crippen molar-refractivity contribution in [1.29, 1.82) is 0 Å². The second-order valence-corrected chi connectivity index (χ2v) is 5.62. The molecular formula is C17H18F3N3O3. The summed E-state index contributed by atoms with van der Waals surface area (Å²) in [4.78, 5) is 10.7. The number of hydrogen-bond donors (Lipinski definition) is 0. The van der Waals surface area contributed by atoms with E-state index < -0.39 is 6.36 Å². The Hall–Kier alpha value is -2.39. The van der Waals surface area contributed by atoms with Gasteiger partial charge in [0, 0.05) is 25.2 Å². The highest BCUT2D eigenvalue weighted by Crippen LogP contribution is 2.26. The Labute approximate surface area is 148 Å². The van der Waals surface area contributed by atoms with Crippen molar-refractivity contribution in [2.75, 3.05) is 39.5 Å². The first kappa shape index (κ1) is 18.4. The van der Waals surface area contributed by atoms with Crippen molar-refractivity contribution in [3.63, 3.8) is 0 Å². The molecule has 0 radical (unpaired) electrons. The highest BCUT2D eigenvalue weighted by atomic mass is 19.4. The Morgan fingerprint density at radius 3 is 2.50 bits per heavy atom. The average molecular weight is 369 g/mol. The second-order valence-electron chi connectivity index (χ2n) is 5.62. The van der Waals surface area contributed by atoms with E-state index in [4.69, 9.17) is 9.47 Å². The van der Waals surface area contributed by atoms with Crippen LogP contribution in [0.3, 0.4) is 0 Å². The van der Waals surface area contributed by atoms with Crippen LogP contribution in [-0.4, -0.2) is 60.7 Å². The van der Waals surface area contributed by atoms with E-state index in [1.807, 2.05) is 0 Å². The van der Waals surface area contributed by atoms with E-state index in [9.17, 15) is 13.2 Å². The number of ether oxygens (including phenoxy) is 3. The molecule has 0 N–H and O–H groups in total. The molecule has 1 fully saturated rings. The van der Waals surface area contributed by atoms with Gasteiger partial charge >= 0.3 is 6.36 Å². The number of alkyl halides is 3. The fourth-order valence-corrected chi connectivity index (χ4v) is 2.49. The number of nitrogens with zero attached hydrogens (tertiary/aromatic N) is 3. The summed E-state index contributed by atoms with van der Waals surface area (Å²) in [6.07, 6.45) is -1.69. The molecule has 1 aliphatic rings. The van der Waals surface area contributed by atoms with Crippen molar-refractivity contribution in [2.24, 2.45) is 0 Å². The van der Waals surface area contributed by atoms with E-state index in [-0.39, 0.29) is 5.75 Å². The first-order valence-electron chi connectivity index (χ1n) is 8.11. The van der Waals surface area contributed by atoms with Crippen LogP contribution in [0.25, 0.3) is 11.3 Å². The van der Waals surface area contributed by atoms with Gasteiger partial charge in [-0.15, -0.1) is 13.2 Å². The summed E-state index contributed by atoms with van der Waals surface area (Å²) in [5.41, 5.74) is 1.12. The van der Waals surface area contributed by atoms with Crippen molar-refractivity contribution in [3.8, 4) is 22.9 Å². The van der Waals surface area contributed by atoms with Crippen LogP contribution < -0.4 is 9.47 Å². The lowest BCUT2D eigenvalue weighted by Crippen LogP contribution is -2.38. The molecule has 140 valence electrons. The number of aromatic nitrogens is 2. The van der Waals surface area contributed by atoms with E-state index >= 15 is 0 Å². The Morgan fingerprint density at radius 1 is 1.08 bits per heavy atom. The van der Waals surface area contributed by atoms with E-state index in [1.165, 1.54) is 36.7 Å². The monoisotopic (exact) mass is 369 g/mol. The molecule has 0 bridgehead atoms. The standard InChI is InChI=1S/C17H18F3N3O3/c18-17(19,20)26-14-3-1-13(2-4-14)15-11-21-12-16(22-15)25-10-7-23-5-8-24-9-6-23/h1-4,11-12H,5-10H2. The Kier molecular flexibility index (Phi) is 5.89. The molecule has 0 atom stereocenters. The van der Waals surface area contributed by atoms with Crippen molar-refractivity contribution >= 4 is 0 Å². The molecule has 0 aliphatic carbocycles. The number of benzene rings is 1. The summed E-state index contributed by atoms with van der Waals surface area (Å²) in [7, 11) is 0. The fraction of sp³-hybridized carbons (Fsp3) is 0.412. The zero-order valence-corrected chi connectivity index (χ0v) is 13.9. The van der Waals surface area contributed by atoms with Gasteiger partial charge in [-0.2, -0.15) is 0 Å². The molecule has 0 unspecified atom stereocenters. The van der Waals surface area contributed by atoms with Gasteiger partial charge in [-0.3, -0.25) is 9.88 Å². The van der Waals surface area contributed by atoms with Gasteiger partial charge in [0.25, 0.3) is 0 Å². The lowest BCUT2D eigenvalue weighted by Gasteiger charge is -2.26. The molecule has 0 saturated carbocycles. The van der Waals surface area contributed by atoms with Gasteiger partial charge in [-0.1, -0.05) is 0 Å². The maximum Gasteiger partial charge on any atom is 0.573 e. The zero-order chi connectivity index (χ0) is 18.4. The molecule has 1 aromatic heterocycles. The maximum atomic E-state index is 12.2. The zero-order valence-electron chi connectivity index (χ0n) is 13.9. The molecule has 2 aromatic rings. The first-order chi connectivity index (χ1) is 12.5. The molecule has 1 aliphatic heterocycles. The van der Waals surface area contributed by atoms with Crippen molar-refractivity contribution < 1.29 is 27.4 Å². The lowest BCUT2D eigenvalue weighted by molar-refractivity contribution is -0.274. The van der Waals surface area contributed by atoms with E-state index in [2.05, 4.69) is 19.6 Å². The first-order valence-corrected chi connectivity index (χ1v) is 8.11. The van der Waals surface area contributed by atoms with Crippen molar-refractivity contribution in [2.45, 2.75) is 6.36 Å². The Balaban J connectivity index is 1.58. The van der Waals surface area contributed by atoms with Crippen LogP contribution in [0, 0.1) is 0 Å². The number of morpholine rings is 1. The molecule has 3 rings (SSSR count). The largest absolute Gasteiger partial charge is 0.573 e. The molecule has 0 amide bonds. The Morgan fingerprint density at radius 2 is 1.81 bits per heavy atom. The summed E-state index contributed by atoms with van der Waals surface area (Å²) in [5.74, 6) is 0.0819. The van der Waals surface area contributed by atoms with Crippen molar-refractivity contribution in [1.82, 2.24) is 14.9 Å². The molecule has 9 heteroatoms. The predicted molar refractivity (Wildman–Crippen MR) is 86.9 cm³/mol. The van der Waals surface area contributed by atoms with E-state index in [0.717, 1.165) is 32.8 Å². The van der Waals surface area contributed by atoms with Gasteiger partial charge < -0.3 is 14.2 Å². The van der Waals surface area contributed by atoms with Crippen LogP contribution in [0.1, 0.15) is 0 Å². The second kappa shape index (κ2) is 8.33. The van der Waals surface area contributed by atoms with Crippen LogP contribution in [0.2, 0.25) is 0 Å². The molecular weight excluding hydrogens is 351 g/mol. The van der Waals surface area contributed by atoms with Crippen molar-refractivity contribution in [3.05, 3.63) is 36.7 Å². The maximum absolute atomic E-state index is 12.2. The summed E-state index contributed by atoms with van der Waals surface area (Å²) >= 11 is 0. The fourth-order valence-electron chi connectivity index (χ4n) is 2.49. The van der Waals surface area contributed by atoms with Gasteiger partial charge in [-0.25, -0.2) is 4.98 Å². The highest BCUT2D eigenvalue weighted by Gasteiger charge is 2.30. The normalized spacial score (nSPS) is 15.7.